The van der Waals surface area contributed by atoms with Crippen molar-refractivity contribution in [2.45, 2.75) is 6.92 Å². The molecule has 1 N–H and O–H groups in total. The Hall–Kier alpha value is -1.16. The van der Waals surface area contributed by atoms with Crippen molar-refractivity contribution in [1.29, 1.82) is 0 Å². The second kappa shape index (κ2) is 5.54. The number of carbonyl (C=O) groups is 1. The van der Waals surface area contributed by atoms with Crippen LogP contribution in [0.1, 0.15) is 12.5 Å². The molecule has 0 fully saturated rings. The average Bonchev–Trinajstić information content (AvgIpc) is 2.15. The van der Waals surface area contributed by atoms with Crippen molar-refractivity contribution >= 4 is 27.9 Å². The first-order chi connectivity index (χ1) is 6.70. The monoisotopic (exact) mass is 254 g/mol. The van der Waals surface area contributed by atoms with Crippen molar-refractivity contribution < 1.29 is 4.79 Å². The van der Waals surface area contributed by atoms with Crippen LogP contribution in [0.5, 0.6) is 0 Å². The smallest absolute Gasteiger partial charge is 0.217 e. The molecular formula is C10H11BrN2O. The molecule has 1 amide bonds. The summed E-state index contributed by atoms with van der Waals surface area (Å²) in [5.74, 6) is -0.0279. The quantitative estimate of drug-likeness (QED) is 0.839. The summed E-state index contributed by atoms with van der Waals surface area (Å²) < 4.78 is 0.805. The molecule has 0 saturated heterocycles. The Morgan fingerprint density at radius 3 is 3.14 bits per heavy atom. The third kappa shape index (κ3) is 3.70. The molecule has 0 aliphatic rings. The van der Waals surface area contributed by atoms with Crippen LogP contribution < -0.4 is 5.32 Å². The predicted octanol–water partition coefficient (Wildman–Crippen LogP) is 1.99. The summed E-state index contributed by atoms with van der Waals surface area (Å²) in [6, 6.07) is 3.81. The molecule has 1 rings (SSSR count). The van der Waals surface area contributed by atoms with Crippen LogP contribution >= 0.6 is 15.9 Å². The van der Waals surface area contributed by atoms with Crippen molar-refractivity contribution in [2.75, 3.05) is 6.54 Å². The normalized spacial score (nSPS) is 10.4. The number of hydrogen-bond donors (Lipinski definition) is 1. The summed E-state index contributed by atoms with van der Waals surface area (Å²) in [7, 11) is 0. The fourth-order valence-electron chi connectivity index (χ4n) is 0.911. The van der Waals surface area contributed by atoms with E-state index in [9.17, 15) is 4.79 Å². The Morgan fingerprint density at radius 2 is 2.50 bits per heavy atom. The Labute approximate surface area is 91.4 Å². The number of amides is 1. The summed E-state index contributed by atoms with van der Waals surface area (Å²) in [5, 5.41) is 2.67. The lowest BCUT2D eigenvalue weighted by molar-refractivity contribution is -0.118. The highest BCUT2D eigenvalue weighted by Crippen LogP contribution is 2.13. The minimum atomic E-state index is -0.0279. The zero-order valence-corrected chi connectivity index (χ0v) is 9.41. The Morgan fingerprint density at radius 1 is 1.71 bits per heavy atom. The van der Waals surface area contributed by atoms with E-state index in [2.05, 4.69) is 26.2 Å². The number of nitrogens with zero attached hydrogens (tertiary/aromatic N) is 1. The first kappa shape index (κ1) is 10.9. The maximum absolute atomic E-state index is 10.6. The lowest BCUT2D eigenvalue weighted by Gasteiger charge is -1.97. The van der Waals surface area contributed by atoms with Gasteiger partial charge in [-0.25, -0.2) is 4.98 Å². The molecule has 0 aliphatic heterocycles. The van der Waals surface area contributed by atoms with Gasteiger partial charge in [0.05, 0.1) is 0 Å². The van der Waals surface area contributed by atoms with Crippen LogP contribution in [0.3, 0.4) is 0 Å². The van der Waals surface area contributed by atoms with Gasteiger partial charge in [-0.2, -0.15) is 0 Å². The highest BCUT2D eigenvalue weighted by atomic mass is 79.9. The summed E-state index contributed by atoms with van der Waals surface area (Å²) >= 11 is 3.33. The molecule has 4 heteroatoms. The molecule has 3 nitrogen and oxygen atoms in total. The second-order valence-corrected chi connectivity index (χ2v) is 3.47. The van der Waals surface area contributed by atoms with Crippen molar-refractivity contribution in [3.63, 3.8) is 0 Å². The summed E-state index contributed by atoms with van der Waals surface area (Å²) in [5.41, 5.74) is 0.998. The van der Waals surface area contributed by atoms with Crippen LogP contribution in [-0.4, -0.2) is 17.4 Å². The number of halogens is 1. The average molecular weight is 255 g/mol. The minimum Gasteiger partial charge on any atom is -0.353 e. The van der Waals surface area contributed by atoms with Crippen LogP contribution in [-0.2, 0) is 4.79 Å². The zero-order valence-electron chi connectivity index (χ0n) is 7.83. The molecule has 0 radical (unpaired) electrons. The number of aromatic nitrogens is 1. The molecule has 0 spiro atoms. The molecule has 0 unspecified atom stereocenters. The van der Waals surface area contributed by atoms with E-state index in [0.29, 0.717) is 6.54 Å². The van der Waals surface area contributed by atoms with Gasteiger partial charge in [-0.15, -0.1) is 0 Å². The van der Waals surface area contributed by atoms with E-state index in [1.54, 1.807) is 6.20 Å². The third-order valence-corrected chi connectivity index (χ3v) is 2.22. The highest BCUT2D eigenvalue weighted by Gasteiger charge is 1.93. The van der Waals surface area contributed by atoms with E-state index < -0.39 is 0 Å². The van der Waals surface area contributed by atoms with Gasteiger partial charge in [0.1, 0.15) is 4.60 Å². The highest BCUT2D eigenvalue weighted by molar-refractivity contribution is 9.10. The Bertz CT molecular complexity index is 350. The molecule has 74 valence electrons. The van der Waals surface area contributed by atoms with Gasteiger partial charge in [0.2, 0.25) is 5.91 Å². The topological polar surface area (TPSA) is 42.0 Å². The minimum absolute atomic E-state index is 0.0279. The number of rotatable bonds is 3. The van der Waals surface area contributed by atoms with Gasteiger partial charge in [0, 0.05) is 25.2 Å². The maximum atomic E-state index is 10.6. The summed E-state index contributed by atoms with van der Waals surface area (Å²) in [4.78, 5) is 14.6. The van der Waals surface area contributed by atoms with Gasteiger partial charge in [-0.1, -0.05) is 18.2 Å². The maximum Gasteiger partial charge on any atom is 0.217 e. The Kier molecular flexibility index (Phi) is 4.32. The van der Waals surface area contributed by atoms with Gasteiger partial charge in [-0.3, -0.25) is 4.79 Å². The lowest BCUT2D eigenvalue weighted by atomic mass is 10.2. The molecule has 0 aromatic carbocycles. The summed E-state index contributed by atoms with van der Waals surface area (Å²) in [6.45, 7) is 2.03. The predicted molar refractivity (Wildman–Crippen MR) is 59.7 cm³/mol. The molecular weight excluding hydrogens is 244 g/mol. The fraction of sp³-hybridized carbons (Fsp3) is 0.200. The molecule has 1 aromatic heterocycles. The fourth-order valence-corrected chi connectivity index (χ4v) is 1.29. The summed E-state index contributed by atoms with van der Waals surface area (Å²) in [6.07, 6.45) is 5.51. The first-order valence-corrected chi connectivity index (χ1v) is 5.01. The van der Waals surface area contributed by atoms with Crippen LogP contribution in [0.15, 0.2) is 29.0 Å². The molecule has 1 heterocycles. The van der Waals surface area contributed by atoms with Gasteiger partial charge >= 0.3 is 0 Å². The van der Waals surface area contributed by atoms with Gasteiger partial charge in [0.15, 0.2) is 0 Å². The van der Waals surface area contributed by atoms with Crippen LogP contribution in [0.25, 0.3) is 6.08 Å². The van der Waals surface area contributed by atoms with E-state index in [1.807, 2.05) is 24.3 Å². The van der Waals surface area contributed by atoms with E-state index >= 15 is 0 Å². The van der Waals surface area contributed by atoms with Crippen molar-refractivity contribution in [1.82, 2.24) is 10.3 Å². The van der Waals surface area contributed by atoms with E-state index in [-0.39, 0.29) is 5.91 Å². The molecule has 0 saturated carbocycles. The molecule has 0 atom stereocenters. The van der Waals surface area contributed by atoms with Crippen LogP contribution in [0.4, 0.5) is 0 Å². The third-order valence-electron chi connectivity index (χ3n) is 1.55. The van der Waals surface area contributed by atoms with Crippen molar-refractivity contribution in [3.8, 4) is 0 Å². The molecule has 0 bridgehead atoms. The largest absolute Gasteiger partial charge is 0.353 e. The number of nitrogens with one attached hydrogen (secondary N) is 1. The van der Waals surface area contributed by atoms with E-state index in [1.165, 1.54) is 6.92 Å². The second-order valence-electron chi connectivity index (χ2n) is 2.72. The van der Waals surface area contributed by atoms with Crippen LogP contribution in [0.2, 0.25) is 0 Å². The standard InChI is InChI=1S/C10H11BrN2O/c1-8(14)12-6-2-4-9-5-3-7-13-10(9)11/h2-5,7H,6H2,1H3,(H,12,14). The Balaban J connectivity index is 2.52. The molecule has 0 aliphatic carbocycles. The SMILES string of the molecule is CC(=O)NCC=Cc1cccnc1Br. The van der Waals surface area contributed by atoms with Gasteiger partial charge < -0.3 is 5.32 Å². The zero-order chi connectivity index (χ0) is 10.4. The number of pyridine rings is 1. The van der Waals surface area contributed by atoms with E-state index in [4.69, 9.17) is 0 Å². The lowest BCUT2D eigenvalue weighted by Crippen LogP contribution is -2.19. The van der Waals surface area contributed by atoms with Gasteiger partial charge in [0.25, 0.3) is 0 Å². The van der Waals surface area contributed by atoms with Crippen LogP contribution in [0, 0.1) is 0 Å². The molecule has 14 heavy (non-hydrogen) atoms. The number of hydrogen-bond acceptors (Lipinski definition) is 2. The van der Waals surface area contributed by atoms with Crippen molar-refractivity contribution in [2.24, 2.45) is 0 Å². The van der Waals surface area contributed by atoms with E-state index in [0.717, 1.165) is 10.2 Å². The van der Waals surface area contributed by atoms with Crippen molar-refractivity contribution in [3.05, 3.63) is 34.6 Å². The first-order valence-electron chi connectivity index (χ1n) is 4.21. The molecule has 1 aromatic rings. The number of carbonyl (C=O) groups excluding carboxylic acids is 1. The van der Waals surface area contributed by atoms with Gasteiger partial charge in [-0.05, 0) is 22.0 Å².